The van der Waals surface area contributed by atoms with Gasteiger partial charge in [-0.2, -0.15) is 0 Å². The molecule has 2 aromatic heterocycles. The summed E-state index contributed by atoms with van der Waals surface area (Å²) in [5.74, 6) is -1.88. The van der Waals surface area contributed by atoms with Crippen LogP contribution in [0.2, 0.25) is 5.02 Å². The van der Waals surface area contributed by atoms with Crippen LogP contribution in [0.1, 0.15) is 27.2 Å². The van der Waals surface area contributed by atoms with Crippen LogP contribution < -0.4 is 11.1 Å². The van der Waals surface area contributed by atoms with E-state index in [0.717, 1.165) is 0 Å². The lowest BCUT2D eigenvalue weighted by Gasteiger charge is -2.13. The number of carbonyl (C=O) groups excluding carboxylic acids is 1. The van der Waals surface area contributed by atoms with Crippen molar-refractivity contribution in [3.63, 3.8) is 0 Å². The number of fused-ring (bicyclic) bond motifs is 3. The molecule has 1 aliphatic heterocycles. The summed E-state index contributed by atoms with van der Waals surface area (Å²) in [5.41, 5.74) is 7.51. The third kappa shape index (κ3) is 3.94. The van der Waals surface area contributed by atoms with Gasteiger partial charge in [-0.3, -0.25) is 9.79 Å². The number of aromatic nitrogens is 3. The largest absolute Gasteiger partial charge is 0.364 e. The molecule has 4 aromatic rings. The van der Waals surface area contributed by atoms with E-state index in [2.05, 4.69) is 25.3 Å². The Labute approximate surface area is 195 Å². The van der Waals surface area contributed by atoms with Crippen molar-refractivity contribution in [2.45, 2.75) is 6.54 Å². The molecule has 0 bridgehead atoms. The molecule has 3 N–H and O–H groups in total. The fourth-order valence-corrected chi connectivity index (χ4v) is 4.33. The van der Waals surface area contributed by atoms with Crippen molar-refractivity contribution < 1.29 is 13.6 Å². The summed E-state index contributed by atoms with van der Waals surface area (Å²) in [7, 11) is 0. The number of anilines is 2. The number of hydrogen-bond donors (Lipinski definition) is 2. The lowest BCUT2D eigenvalue weighted by molar-refractivity contribution is 0.0996. The summed E-state index contributed by atoms with van der Waals surface area (Å²) >= 11 is 7.40. The maximum Gasteiger partial charge on any atom is 0.268 e. The minimum Gasteiger partial charge on any atom is -0.364 e. The van der Waals surface area contributed by atoms with E-state index in [1.165, 1.54) is 34.9 Å². The van der Waals surface area contributed by atoms with Crippen molar-refractivity contribution in [3.8, 4) is 11.3 Å². The molecule has 2 aromatic carbocycles. The predicted molar refractivity (Wildman–Crippen MR) is 122 cm³/mol. The minimum absolute atomic E-state index is 0.105. The molecule has 1 aliphatic rings. The summed E-state index contributed by atoms with van der Waals surface area (Å²) in [6.45, 7) is 0.105. The number of aliphatic imine (C=N–C) groups is 1. The minimum atomic E-state index is -0.729. The van der Waals surface area contributed by atoms with Crippen molar-refractivity contribution in [2.24, 2.45) is 10.7 Å². The molecule has 1 amide bonds. The van der Waals surface area contributed by atoms with Gasteiger partial charge in [-0.25, -0.2) is 23.7 Å². The Kier molecular flexibility index (Phi) is 5.31. The molecule has 7 nitrogen and oxygen atoms in total. The molecule has 164 valence electrons. The third-order valence-corrected chi connectivity index (χ3v) is 5.93. The average Bonchev–Trinajstić information content (AvgIpc) is 3.19. The number of thiazole rings is 1. The first-order chi connectivity index (χ1) is 15.9. The Balaban J connectivity index is 1.62. The normalized spacial score (nSPS) is 12.4. The zero-order valence-corrected chi connectivity index (χ0v) is 18.2. The third-order valence-electron chi connectivity index (χ3n) is 4.94. The van der Waals surface area contributed by atoms with E-state index in [4.69, 9.17) is 17.3 Å². The highest BCUT2D eigenvalue weighted by Gasteiger charge is 2.25. The molecule has 0 saturated carbocycles. The molecule has 0 unspecified atom stereocenters. The van der Waals surface area contributed by atoms with Crippen LogP contribution in [0.15, 0.2) is 53.0 Å². The van der Waals surface area contributed by atoms with Gasteiger partial charge in [-0.05, 0) is 24.3 Å². The van der Waals surface area contributed by atoms with Crippen LogP contribution in [0.4, 0.5) is 19.9 Å². The Morgan fingerprint density at radius 2 is 1.91 bits per heavy atom. The zero-order valence-electron chi connectivity index (χ0n) is 16.6. The van der Waals surface area contributed by atoms with Crippen LogP contribution in [-0.4, -0.2) is 26.6 Å². The molecule has 5 rings (SSSR count). The van der Waals surface area contributed by atoms with Gasteiger partial charge in [0.1, 0.15) is 17.3 Å². The van der Waals surface area contributed by atoms with E-state index in [9.17, 15) is 13.6 Å². The van der Waals surface area contributed by atoms with E-state index < -0.39 is 17.5 Å². The van der Waals surface area contributed by atoms with Crippen LogP contribution >= 0.6 is 22.9 Å². The summed E-state index contributed by atoms with van der Waals surface area (Å²) in [6.07, 6.45) is 1.58. The number of carbonyl (C=O) groups is 1. The summed E-state index contributed by atoms with van der Waals surface area (Å²) < 4.78 is 29.3. The van der Waals surface area contributed by atoms with E-state index in [1.807, 2.05) is 0 Å². The van der Waals surface area contributed by atoms with Crippen LogP contribution in [0.3, 0.4) is 0 Å². The smallest absolute Gasteiger partial charge is 0.268 e. The number of nitrogens with zero attached hydrogens (tertiary/aromatic N) is 4. The molecule has 0 atom stereocenters. The van der Waals surface area contributed by atoms with Crippen molar-refractivity contribution >= 4 is 45.6 Å². The lowest BCUT2D eigenvalue weighted by atomic mass is 9.95. The highest BCUT2D eigenvalue weighted by molar-refractivity contribution is 7.14. The molecule has 11 heteroatoms. The van der Waals surface area contributed by atoms with Gasteiger partial charge in [0.05, 0.1) is 23.5 Å². The van der Waals surface area contributed by atoms with Crippen LogP contribution in [-0.2, 0) is 6.54 Å². The Bertz CT molecular complexity index is 1430. The van der Waals surface area contributed by atoms with Gasteiger partial charge in [-0.1, -0.05) is 23.7 Å². The second-order valence-electron chi connectivity index (χ2n) is 7.05. The number of nitrogens with one attached hydrogen (secondary N) is 1. The first kappa shape index (κ1) is 21.1. The van der Waals surface area contributed by atoms with Crippen molar-refractivity contribution in [1.82, 2.24) is 15.0 Å². The molecule has 33 heavy (non-hydrogen) atoms. The maximum atomic E-state index is 14.6. The van der Waals surface area contributed by atoms with Gasteiger partial charge in [0.2, 0.25) is 5.95 Å². The van der Waals surface area contributed by atoms with Crippen LogP contribution in [0, 0.1) is 11.6 Å². The number of rotatable bonds is 4. The summed E-state index contributed by atoms with van der Waals surface area (Å²) in [5, 5.41) is 5.24. The second-order valence-corrected chi connectivity index (χ2v) is 8.34. The van der Waals surface area contributed by atoms with Gasteiger partial charge >= 0.3 is 0 Å². The van der Waals surface area contributed by atoms with E-state index in [1.54, 1.807) is 24.4 Å². The van der Waals surface area contributed by atoms with E-state index in [-0.39, 0.29) is 29.5 Å². The first-order valence-electron chi connectivity index (χ1n) is 9.58. The van der Waals surface area contributed by atoms with Crippen molar-refractivity contribution in [1.29, 1.82) is 0 Å². The van der Waals surface area contributed by atoms with Crippen molar-refractivity contribution in [2.75, 3.05) is 5.32 Å². The van der Waals surface area contributed by atoms with Gasteiger partial charge in [-0.15, -0.1) is 11.3 Å². The number of benzene rings is 2. The number of nitrogens with two attached hydrogens (primary N) is 1. The Hall–Kier alpha value is -3.76. The van der Waals surface area contributed by atoms with Gasteiger partial charge in [0, 0.05) is 33.3 Å². The summed E-state index contributed by atoms with van der Waals surface area (Å²) in [6, 6.07) is 8.65. The average molecular weight is 483 g/mol. The zero-order chi connectivity index (χ0) is 23.1. The molecule has 0 aliphatic carbocycles. The van der Waals surface area contributed by atoms with Crippen LogP contribution in [0.25, 0.3) is 11.3 Å². The standard InChI is InChI=1S/C22H13ClF2N6OS/c23-11-4-5-12-13(6-11)19(17-14(24)2-1-3-15(17)25)27-7-10-8-28-21(30-18(10)12)31-22-29-16(9-33-22)20(26)32/h1-6,8-9H,7H2,(H2,26,32)(H,28,29,30,31). The second kappa shape index (κ2) is 8.30. The Morgan fingerprint density at radius 1 is 1.12 bits per heavy atom. The lowest BCUT2D eigenvalue weighted by Crippen LogP contribution is -2.11. The molecule has 0 saturated heterocycles. The predicted octanol–water partition coefficient (Wildman–Crippen LogP) is 4.73. The quantitative estimate of drug-likeness (QED) is 0.437. The molecular weight excluding hydrogens is 470 g/mol. The summed E-state index contributed by atoms with van der Waals surface area (Å²) in [4.78, 5) is 28.8. The van der Waals surface area contributed by atoms with Gasteiger partial charge in [0.15, 0.2) is 5.13 Å². The molecular formula is C22H13ClF2N6OS. The fourth-order valence-electron chi connectivity index (χ4n) is 3.46. The Morgan fingerprint density at radius 3 is 2.64 bits per heavy atom. The number of halogens is 3. The number of hydrogen-bond acceptors (Lipinski definition) is 7. The topological polar surface area (TPSA) is 106 Å². The highest BCUT2D eigenvalue weighted by atomic mass is 35.5. The van der Waals surface area contributed by atoms with Crippen molar-refractivity contribution in [3.05, 3.63) is 87.0 Å². The number of amides is 1. The highest BCUT2D eigenvalue weighted by Crippen LogP contribution is 2.34. The monoisotopic (exact) mass is 482 g/mol. The SMILES string of the molecule is NC(=O)c1csc(Nc2ncc3c(n2)-c2ccc(Cl)cc2C(c2c(F)cccc2F)=NC3)n1. The first-order valence-corrected chi connectivity index (χ1v) is 10.8. The fraction of sp³-hybridized carbons (Fsp3) is 0.0455. The van der Waals surface area contributed by atoms with Gasteiger partial charge < -0.3 is 11.1 Å². The van der Waals surface area contributed by atoms with Gasteiger partial charge in [0.25, 0.3) is 5.91 Å². The van der Waals surface area contributed by atoms with E-state index in [0.29, 0.717) is 32.5 Å². The number of primary amides is 1. The van der Waals surface area contributed by atoms with E-state index >= 15 is 0 Å². The van der Waals surface area contributed by atoms with Crippen LogP contribution in [0.5, 0.6) is 0 Å². The molecule has 0 radical (unpaired) electrons. The maximum absolute atomic E-state index is 14.6. The molecule has 0 spiro atoms. The molecule has 3 heterocycles. The molecule has 0 fully saturated rings.